The van der Waals surface area contributed by atoms with Crippen LogP contribution in [0.5, 0.6) is 0 Å². The predicted molar refractivity (Wildman–Crippen MR) is 88.7 cm³/mol. The fourth-order valence-electron chi connectivity index (χ4n) is 2.29. The Kier molecular flexibility index (Phi) is 4.74. The Balaban J connectivity index is 0.00000176. The lowest BCUT2D eigenvalue weighted by molar-refractivity contribution is -0.00000468. The summed E-state index contributed by atoms with van der Waals surface area (Å²) in [7, 11) is 0. The van der Waals surface area contributed by atoms with Crippen LogP contribution in [-0.4, -0.2) is 9.97 Å². The van der Waals surface area contributed by atoms with Crippen LogP contribution >= 0.6 is 11.6 Å². The van der Waals surface area contributed by atoms with Crippen molar-refractivity contribution in [2.45, 2.75) is 26.2 Å². The molecule has 0 saturated heterocycles. The van der Waals surface area contributed by atoms with Gasteiger partial charge in [-0.3, -0.25) is 0 Å². The van der Waals surface area contributed by atoms with E-state index in [0.29, 0.717) is 11.0 Å². The molecule has 0 saturated carbocycles. The molecule has 0 aliphatic heterocycles. The van der Waals surface area contributed by atoms with Crippen molar-refractivity contribution in [2.24, 2.45) is 0 Å². The lowest BCUT2D eigenvalue weighted by Crippen LogP contribution is -3.00. The van der Waals surface area contributed by atoms with Crippen LogP contribution in [0.3, 0.4) is 0 Å². The number of rotatable bonds is 1. The standard InChI is InChI=1S/C18H17ClN2.ClH/c1-18(2,3)13-10-8-12(9-11-13)17-20-15-7-5-4-6-14(15)16(19)21-17;/h4-11H,1-3H3;1H/p-1. The maximum atomic E-state index is 6.26. The van der Waals surface area contributed by atoms with Gasteiger partial charge in [0.2, 0.25) is 0 Å². The van der Waals surface area contributed by atoms with Crippen LogP contribution in [0, 0.1) is 0 Å². The number of nitrogens with zero attached hydrogens (tertiary/aromatic N) is 2. The van der Waals surface area contributed by atoms with E-state index < -0.39 is 0 Å². The summed E-state index contributed by atoms with van der Waals surface area (Å²) in [4.78, 5) is 9.02. The minimum absolute atomic E-state index is 0. The minimum atomic E-state index is 0. The van der Waals surface area contributed by atoms with Crippen LogP contribution in [0.2, 0.25) is 5.15 Å². The van der Waals surface area contributed by atoms with Gasteiger partial charge in [-0.1, -0.05) is 68.8 Å². The molecule has 0 aliphatic carbocycles. The second-order valence-electron chi connectivity index (χ2n) is 6.18. The summed E-state index contributed by atoms with van der Waals surface area (Å²) in [5.74, 6) is 0.666. The van der Waals surface area contributed by atoms with E-state index in [0.717, 1.165) is 16.5 Å². The Hall–Kier alpha value is -1.64. The SMILES string of the molecule is CC(C)(C)c1ccc(-c2nc(Cl)c3ccccc3n2)cc1.[Cl-]. The van der Waals surface area contributed by atoms with Gasteiger partial charge in [0.25, 0.3) is 0 Å². The van der Waals surface area contributed by atoms with E-state index in [2.05, 4.69) is 55.0 Å². The van der Waals surface area contributed by atoms with Crippen LogP contribution in [0.15, 0.2) is 48.5 Å². The zero-order valence-electron chi connectivity index (χ0n) is 12.8. The molecule has 0 radical (unpaired) electrons. The molecule has 114 valence electrons. The second kappa shape index (κ2) is 6.23. The number of aromatic nitrogens is 2. The Bertz CT molecular complexity index is 790. The van der Waals surface area contributed by atoms with Crippen LogP contribution < -0.4 is 12.4 Å². The molecule has 22 heavy (non-hydrogen) atoms. The largest absolute Gasteiger partial charge is 1.00 e. The molecule has 2 aromatic carbocycles. The highest BCUT2D eigenvalue weighted by Crippen LogP contribution is 2.27. The molecule has 4 heteroatoms. The highest BCUT2D eigenvalue weighted by Gasteiger charge is 2.14. The third kappa shape index (κ3) is 3.23. The Morgan fingerprint density at radius 1 is 0.864 bits per heavy atom. The molecule has 1 aromatic heterocycles. The molecule has 3 aromatic rings. The van der Waals surface area contributed by atoms with Crippen LogP contribution in [0.1, 0.15) is 26.3 Å². The average Bonchev–Trinajstić information content (AvgIpc) is 2.46. The van der Waals surface area contributed by atoms with E-state index in [1.54, 1.807) is 0 Å². The average molecular weight is 332 g/mol. The van der Waals surface area contributed by atoms with Crippen molar-refractivity contribution in [3.63, 3.8) is 0 Å². The van der Waals surface area contributed by atoms with Crippen molar-refractivity contribution in [1.82, 2.24) is 9.97 Å². The smallest absolute Gasteiger partial charge is 0.161 e. The van der Waals surface area contributed by atoms with Crippen molar-refractivity contribution >= 4 is 22.5 Å². The lowest BCUT2D eigenvalue weighted by Gasteiger charge is -2.19. The molecule has 0 amide bonds. The van der Waals surface area contributed by atoms with Gasteiger partial charge in [-0.25, -0.2) is 9.97 Å². The quantitative estimate of drug-likeness (QED) is 0.639. The number of benzene rings is 2. The first-order valence-electron chi connectivity index (χ1n) is 6.98. The summed E-state index contributed by atoms with van der Waals surface area (Å²) in [5, 5.41) is 1.38. The van der Waals surface area contributed by atoms with Gasteiger partial charge in [0.15, 0.2) is 5.82 Å². The lowest BCUT2D eigenvalue weighted by atomic mass is 9.87. The topological polar surface area (TPSA) is 25.8 Å². The Morgan fingerprint density at radius 3 is 2.14 bits per heavy atom. The first kappa shape index (κ1) is 16.7. The van der Waals surface area contributed by atoms with E-state index >= 15 is 0 Å². The molecule has 0 unspecified atom stereocenters. The summed E-state index contributed by atoms with van der Waals surface area (Å²) in [6.07, 6.45) is 0. The number of para-hydroxylation sites is 1. The minimum Gasteiger partial charge on any atom is -1.00 e. The van der Waals surface area contributed by atoms with Gasteiger partial charge < -0.3 is 12.4 Å². The highest BCUT2D eigenvalue weighted by molar-refractivity contribution is 6.34. The van der Waals surface area contributed by atoms with E-state index in [1.807, 2.05) is 24.3 Å². The fraction of sp³-hybridized carbons (Fsp3) is 0.222. The molecule has 3 rings (SSSR count). The molecule has 0 bridgehead atoms. The molecular formula is C18H17Cl2N2-. The van der Waals surface area contributed by atoms with Crippen molar-refractivity contribution in [3.05, 3.63) is 59.2 Å². The number of hydrogen-bond donors (Lipinski definition) is 0. The predicted octanol–water partition coefficient (Wildman–Crippen LogP) is 2.25. The van der Waals surface area contributed by atoms with Gasteiger partial charge in [-0.15, -0.1) is 0 Å². The van der Waals surface area contributed by atoms with Crippen LogP contribution in [0.25, 0.3) is 22.3 Å². The summed E-state index contributed by atoms with van der Waals surface area (Å²) in [5.41, 5.74) is 3.28. The zero-order valence-corrected chi connectivity index (χ0v) is 14.3. The summed E-state index contributed by atoms with van der Waals surface area (Å²) < 4.78 is 0. The molecule has 0 fully saturated rings. The zero-order chi connectivity index (χ0) is 15.0. The van der Waals surface area contributed by atoms with E-state index in [9.17, 15) is 0 Å². The molecule has 1 heterocycles. The number of hydrogen-bond acceptors (Lipinski definition) is 2. The van der Waals surface area contributed by atoms with Gasteiger partial charge in [-0.2, -0.15) is 0 Å². The molecule has 2 nitrogen and oxygen atoms in total. The summed E-state index contributed by atoms with van der Waals surface area (Å²) in [6.45, 7) is 6.60. The van der Waals surface area contributed by atoms with Gasteiger partial charge in [0, 0.05) is 10.9 Å². The van der Waals surface area contributed by atoms with Gasteiger partial charge in [0.1, 0.15) is 5.15 Å². The first-order valence-corrected chi connectivity index (χ1v) is 7.36. The normalized spacial score (nSPS) is 11.3. The van der Waals surface area contributed by atoms with Crippen LogP contribution in [-0.2, 0) is 5.41 Å². The van der Waals surface area contributed by atoms with Crippen LogP contribution in [0.4, 0.5) is 0 Å². The summed E-state index contributed by atoms with van der Waals surface area (Å²) in [6, 6.07) is 16.2. The van der Waals surface area contributed by atoms with Gasteiger partial charge in [0.05, 0.1) is 5.52 Å². The van der Waals surface area contributed by atoms with Crippen molar-refractivity contribution in [2.75, 3.05) is 0 Å². The second-order valence-corrected chi connectivity index (χ2v) is 6.54. The van der Waals surface area contributed by atoms with Crippen molar-refractivity contribution in [3.8, 4) is 11.4 Å². The van der Waals surface area contributed by atoms with E-state index in [-0.39, 0.29) is 17.8 Å². The number of fused-ring (bicyclic) bond motifs is 1. The fourth-order valence-corrected chi connectivity index (χ4v) is 2.53. The Morgan fingerprint density at radius 2 is 1.50 bits per heavy atom. The van der Waals surface area contributed by atoms with Gasteiger partial charge in [-0.05, 0) is 23.1 Å². The molecule has 0 spiro atoms. The Labute approximate surface area is 142 Å². The monoisotopic (exact) mass is 331 g/mol. The van der Waals surface area contributed by atoms with E-state index in [4.69, 9.17) is 11.6 Å². The van der Waals surface area contributed by atoms with Gasteiger partial charge >= 0.3 is 0 Å². The van der Waals surface area contributed by atoms with E-state index in [1.165, 1.54) is 5.56 Å². The van der Waals surface area contributed by atoms with Crippen molar-refractivity contribution < 1.29 is 12.4 Å². The molecule has 0 atom stereocenters. The number of halogens is 2. The summed E-state index contributed by atoms with van der Waals surface area (Å²) >= 11 is 6.26. The van der Waals surface area contributed by atoms with Crippen molar-refractivity contribution in [1.29, 1.82) is 0 Å². The molecule has 0 aliphatic rings. The first-order chi connectivity index (χ1) is 9.95. The molecule has 0 N–H and O–H groups in total. The third-order valence-corrected chi connectivity index (χ3v) is 3.85. The maximum Gasteiger partial charge on any atom is 0.161 e. The maximum absolute atomic E-state index is 6.26. The highest BCUT2D eigenvalue weighted by atomic mass is 35.5. The molecular weight excluding hydrogens is 315 g/mol. The third-order valence-electron chi connectivity index (χ3n) is 3.57.